The summed E-state index contributed by atoms with van der Waals surface area (Å²) in [5.41, 5.74) is 0. The topological polar surface area (TPSA) is 12.0 Å². The minimum absolute atomic E-state index is 0.683. The van der Waals surface area contributed by atoms with Crippen LogP contribution in [0.2, 0.25) is 0 Å². The average Bonchev–Trinajstić information content (AvgIpc) is 2.22. The van der Waals surface area contributed by atoms with Gasteiger partial charge in [-0.3, -0.25) is 0 Å². The van der Waals surface area contributed by atoms with Crippen molar-refractivity contribution in [2.75, 3.05) is 6.54 Å². The zero-order chi connectivity index (χ0) is 10.8. The van der Waals surface area contributed by atoms with Gasteiger partial charge in [0.25, 0.3) is 0 Å². The predicted molar refractivity (Wildman–Crippen MR) is 64.2 cm³/mol. The number of rotatable bonds is 8. The molecule has 14 heavy (non-hydrogen) atoms. The van der Waals surface area contributed by atoms with Gasteiger partial charge in [-0.15, -0.1) is 12.3 Å². The molecule has 0 rings (SSSR count). The van der Waals surface area contributed by atoms with Crippen LogP contribution in [0.4, 0.5) is 0 Å². The van der Waals surface area contributed by atoms with E-state index in [1.54, 1.807) is 0 Å². The van der Waals surface area contributed by atoms with Crippen LogP contribution in [0.25, 0.3) is 0 Å². The Balaban J connectivity index is 3.53. The highest BCUT2D eigenvalue weighted by atomic mass is 14.9. The average molecular weight is 195 g/mol. The first kappa shape index (κ1) is 13.5. The standard InChI is InChI=1S/C13H25N/c1-5-8-9-10-14-13(7-3)11-12(4)6-2/h1,12-14H,6-11H2,2-4H3. The van der Waals surface area contributed by atoms with Crippen molar-refractivity contribution in [3.05, 3.63) is 0 Å². The molecule has 0 saturated carbocycles. The van der Waals surface area contributed by atoms with Crippen LogP contribution in [-0.4, -0.2) is 12.6 Å². The smallest absolute Gasteiger partial charge is 0.00981 e. The third-order valence-corrected chi connectivity index (χ3v) is 2.81. The lowest BCUT2D eigenvalue weighted by atomic mass is 9.98. The molecule has 2 unspecified atom stereocenters. The first-order valence-electron chi connectivity index (χ1n) is 5.91. The molecule has 0 bridgehead atoms. The van der Waals surface area contributed by atoms with Gasteiger partial charge < -0.3 is 5.32 Å². The molecule has 0 heterocycles. The highest BCUT2D eigenvalue weighted by molar-refractivity contribution is 4.83. The molecule has 0 aromatic heterocycles. The molecule has 0 spiro atoms. The van der Waals surface area contributed by atoms with Crippen molar-refractivity contribution in [2.45, 2.75) is 58.9 Å². The second-order valence-electron chi connectivity index (χ2n) is 4.12. The van der Waals surface area contributed by atoms with E-state index in [0.717, 1.165) is 25.3 Å². The van der Waals surface area contributed by atoms with E-state index in [4.69, 9.17) is 6.42 Å². The van der Waals surface area contributed by atoms with Crippen LogP contribution in [0.15, 0.2) is 0 Å². The van der Waals surface area contributed by atoms with Gasteiger partial charge >= 0.3 is 0 Å². The van der Waals surface area contributed by atoms with Gasteiger partial charge in [0, 0.05) is 12.5 Å². The largest absolute Gasteiger partial charge is 0.314 e. The van der Waals surface area contributed by atoms with E-state index in [0.29, 0.717) is 6.04 Å². The molecule has 0 saturated heterocycles. The molecule has 1 heteroatoms. The maximum absolute atomic E-state index is 5.20. The van der Waals surface area contributed by atoms with Gasteiger partial charge in [-0.1, -0.05) is 27.2 Å². The molecule has 1 N–H and O–H groups in total. The Morgan fingerprint density at radius 2 is 2.00 bits per heavy atom. The van der Waals surface area contributed by atoms with E-state index < -0.39 is 0 Å². The van der Waals surface area contributed by atoms with Gasteiger partial charge in [0.2, 0.25) is 0 Å². The second kappa shape index (κ2) is 9.09. The zero-order valence-electron chi connectivity index (χ0n) is 9.97. The first-order chi connectivity index (χ1) is 6.74. The minimum Gasteiger partial charge on any atom is -0.314 e. The molecule has 0 aliphatic carbocycles. The number of hydrogen-bond acceptors (Lipinski definition) is 1. The summed E-state index contributed by atoms with van der Waals surface area (Å²) < 4.78 is 0. The lowest BCUT2D eigenvalue weighted by molar-refractivity contribution is 0.384. The zero-order valence-corrected chi connectivity index (χ0v) is 9.97. The lowest BCUT2D eigenvalue weighted by Gasteiger charge is -2.20. The quantitative estimate of drug-likeness (QED) is 0.463. The summed E-state index contributed by atoms with van der Waals surface area (Å²) >= 11 is 0. The SMILES string of the molecule is C#CCCCNC(CC)CC(C)CC. The summed E-state index contributed by atoms with van der Waals surface area (Å²) in [4.78, 5) is 0. The summed E-state index contributed by atoms with van der Waals surface area (Å²) in [6.45, 7) is 7.90. The van der Waals surface area contributed by atoms with Crippen molar-refractivity contribution in [1.29, 1.82) is 0 Å². The number of terminal acetylenes is 1. The summed E-state index contributed by atoms with van der Waals surface area (Å²) in [7, 11) is 0. The molecule has 0 amide bonds. The van der Waals surface area contributed by atoms with Crippen LogP contribution in [-0.2, 0) is 0 Å². The molecule has 1 nitrogen and oxygen atoms in total. The minimum atomic E-state index is 0.683. The molecule has 2 atom stereocenters. The molecule has 82 valence electrons. The Labute approximate surface area is 89.7 Å². The Morgan fingerprint density at radius 1 is 1.29 bits per heavy atom. The van der Waals surface area contributed by atoms with Crippen molar-refractivity contribution >= 4 is 0 Å². The van der Waals surface area contributed by atoms with Crippen LogP contribution in [0.1, 0.15) is 52.9 Å². The highest BCUT2D eigenvalue weighted by Gasteiger charge is 2.08. The van der Waals surface area contributed by atoms with Crippen molar-refractivity contribution in [3.8, 4) is 12.3 Å². The molecule has 0 fully saturated rings. The normalized spacial score (nSPS) is 14.7. The Kier molecular flexibility index (Phi) is 8.78. The fourth-order valence-electron chi connectivity index (χ4n) is 1.54. The van der Waals surface area contributed by atoms with Crippen LogP contribution in [0, 0.1) is 18.3 Å². The molecular weight excluding hydrogens is 170 g/mol. The van der Waals surface area contributed by atoms with E-state index in [2.05, 4.69) is 32.0 Å². The molecule has 0 radical (unpaired) electrons. The first-order valence-corrected chi connectivity index (χ1v) is 5.91. The van der Waals surface area contributed by atoms with Gasteiger partial charge in [-0.2, -0.15) is 0 Å². The van der Waals surface area contributed by atoms with Crippen molar-refractivity contribution in [1.82, 2.24) is 5.32 Å². The Morgan fingerprint density at radius 3 is 2.50 bits per heavy atom. The van der Waals surface area contributed by atoms with Crippen molar-refractivity contribution in [3.63, 3.8) is 0 Å². The van der Waals surface area contributed by atoms with E-state index in [9.17, 15) is 0 Å². The lowest BCUT2D eigenvalue weighted by Crippen LogP contribution is -2.30. The van der Waals surface area contributed by atoms with Crippen LogP contribution in [0.3, 0.4) is 0 Å². The Hall–Kier alpha value is -0.480. The van der Waals surface area contributed by atoms with Gasteiger partial charge in [0.15, 0.2) is 0 Å². The number of hydrogen-bond donors (Lipinski definition) is 1. The van der Waals surface area contributed by atoms with Crippen molar-refractivity contribution < 1.29 is 0 Å². The van der Waals surface area contributed by atoms with Crippen LogP contribution >= 0.6 is 0 Å². The number of unbranched alkanes of at least 4 members (excludes halogenated alkanes) is 1. The van der Waals surface area contributed by atoms with Crippen molar-refractivity contribution in [2.24, 2.45) is 5.92 Å². The molecule has 0 aliphatic heterocycles. The van der Waals surface area contributed by atoms with E-state index in [1.807, 2.05) is 0 Å². The highest BCUT2D eigenvalue weighted by Crippen LogP contribution is 2.11. The fourth-order valence-corrected chi connectivity index (χ4v) is 1.54. The second-order valence-corrected chi connectivity index (χ2v) is 4.12. The summed E-state index contributed by atoms with van der Waals surface area (Å²) in [5.74, 6) is 3.50. The molecular formula is C13H25N. The predicted octanol–water partition coefficient (Wildman–Crippen LogP) is 3.20. The molecule has 0 aromatic rings. The van der Waals surface area contributed by atoms with Gasteiger partial charge in [-0.25, -0.2) is 0 Å². The van der Waals surface area contributed by atoms with Crippen LogP contribution < -0.4 is 5.32 Å². The maximum atomic E-state index is 5.20. The third kappa shape index (κ3) is 6.97. The van der Waals surface area contributed by atoms with E-state index in [-0.39, 0.29) is 0 Å². The summed E-state index contributed by atoms with van der Waals surface area (Å²) in [6, 6.07) is 0.683. The van der Waals surface area contributed by atoms with Gasteiger partial charge in [0.1, 0.15) is 0 Å². The maximum Gasteiger partial charge on any atom is 0.00981 e. The summed E-state index contributed by atoms with van der Waals surface area (Å²) in [6.07, 6.45) is 11.0. The van der Waals surface area contributed by atoms with Gasteiger partial charge in [-0.05, 0) is 31.7 Å². The van der Waals surface area contributed by atoms with E-state index in [1.165, 1.54) is 19.3 Å². The molecule has 0 aliphatic rings. The van der Waals surface area contributed by atoms with Crippen LogP contribution in [0.5, 0.6) is 0 Å². The number of nitrogens with one attached hydrogen (secondary N) is 1. The summed E-state index contributed by atoms with van der Waals surface area (Å²) in [5, 5.41) is 3.57. The molecule has 0 aromatic carbocycles. The third-order valence-electron chi connectivity index (χ3n) is 2.81. The monoisotopic (exact) mass is 195 g/mol. The Bertz CT molecular complexity index is 157. The van der Waals surface area contributed by atoms with E-state index >= 15 is 0 Å². The van der Waals surface area contributed by atoms with Gasteiger partial charge in [0.05, 0.1) is 0 Å². The fraction of sp³-hybridized carbons (Fsp3) is 0.846.